The van der Waals surface area contributed by atoms with Crippen LogP contribution in [0.1, 0.15) is 50.5 Å². The molecule has 1 aromatic rings. The van der Waals surface area contributed by atoms with Crippen LogP contribution < -0.4 is 9.57 Å². The number of piperidine rings is 1. The topological polar surface area (TPSA) is 89.8 Å². The van der Waals surface area contributed by atoms with Crippen molar-refractivity contribution in [1.29, 1.82) is 0 Å². The maximum Gasteiger partial charge on any atom is 0.311 e. The van der Waals surface area contributed by atoms with E-state index in [0.29, 0.717) is 63.4 Å². The van der Waals surface area contributed by atoms with Crippen molar-refractivity contribution in [3.8, 4) is 11.5 Å². The molecule has 0 radical (unpaired) electrons. The lowest BCUT2D eigenvalue weighted by atomic mass is 9.79. The summed E-state index contributed by atoms with van der Waals surface area (Å²) in [7, 11) is 0. The highest BCUT2D eigenvalue weighted by molar-refractivity contribution is 5.81. The van der Waals surface area contributed by atoms with E-state index in [4.69, 9.17) is 19.0 Å². The molecule has 1 saturated carbocycles. The number of likely N-dealkylation sites (tertiary alicyclic amines) is 1. The van der Waals surface area contributed by atoms with E-state index in [2.05, 4.69) is 10.1 Å². The van der Waals surface area contributed by atoms with Gasteiger partial charge in [0.25, 0.3) is 0 Å². The summed E-state index contributed by atoms with van der Waals surface area (Å²) in [5, 5.41) is 14.0. The quantitative estimate of drug-likeness (QED) is 0.617. The Balaban J connectivity index is 1.08. The standard InChI is InChI=1S/C26H36N2O6/c29-25(30)26(9-13-31-14-10-26)18-28-11-7-20(8-12-28)17-33-24-15-21-22(32-16-19-3-1-4-19)5-2-6-23(21)34-27-24/h2,5-6,19-20H,1,3-4,7-18H2,(H,29,30). The first-order valence-electron chi connectivity index (χ1n) is 12.8. The van der Waals surface area contributed by atoms with Crippen LogP contribution in [0.25, 0.3) is 0 Å². The third-order valence-electron chi connectivity index (χ3n) is 7.99. The summed E-state index contributed by atoms with van der Waals surface area (Å²) < 4.78 is 17.6. The van der Waals surface area contributed by atoms with Crippen molar-refractivity contribution in [3.63, 3.8) is 0 Å². The molecule has 0 aromatic heterocycles. The van der Waals surface area contributed by atoms with Gasteiger partial charge in [0, 0.05) is 25.3 Å². The highest BCUT2D eigenvalue weighted by Crippen LogP contribution is 2.35. The fourth-order valence-electron chi connectivity index (χ4n) is 5.32. The maximum absolute atomic E-state index is 12.0. The van der Waals surface area contributed by atoms with Gasteiger partial charge in [0.1, 0.15) is 5.75 Å². The summed E-state index contributed by atoms with van der Waals surface area (Å²) in [6.45, 7) is 4.85. The number of ether oxygens (including phenoxy) is 3. The van der Waals surface area contributed by atoms with Crippen molar-refractivity contribution in [2.75, 3.05) is 46.1 Å². The molecular weight excluding hydrogens is 436 g/mol. The second-order valence-electron chi connectivity index (χ2n) is 10.3. The number of aliphatic carboxylic acids is 1. The van der Waals surface area contributed by atoms with Crippen molar-refractivity contribution >= 4 is 11.9 Å². The van der Waals surface area contributed by atoms with Gasteiger partial charge in [0.2, 0.25) is 5.90 Å². The lowest BCUT2D eigenvalue weighted by molar-refractivity contribution is -0.157. The fourth-order valence-corrected chi connectivity index (χ4v) is 5.32. The van der Waals surface area contributed by atoms with E-state index in [1.54, 1.807) is 0 Å². The molecule has 4 aliphatic rings. The first-order valence-corrected chi connectivity index (χ1v) is 12.8. The highest BCUT2D eigenvalue weighted by Gasteiger charge is 2.42. The second-order valence-corrected chi connectivity index (χ2v) is 10.3. The number of carboxylic acids is 1. The van der Waals surface area contributed by atoms with E-state index in [0.717, 1.165) is 49.6 Å². The molecule has 186 valence electrons. The molecule has 0 atom stereocenters. The zero-order valence-electron chi connectivity index (χ0n) is 19.9. The molecule has 0 unspecified atom stereocenters. The zero-order chi connectivity index (χ0) is 23.4. The molecule has 3 fully saturated rings. The van der Waals surface area contributed by atoms with E-state index < -0.39 is 11.4 Å². The molecule has 1 aliphatic carbocycles. The van der Waals surface area contributed by atoms with Gasteiger partial charge >= 0.3 is 5.97 Å². The number of hydrogen-bond donors (Lipinski definition) is 1. The van der Waals surface area contributed by atoms with Gasteiger partial charge in [-0.15, -0.1) is 0 Å². The summed E-state index contributed by atoms with van der Waals surface area (Å²) in [5.74, 6) is 2.63. The minimum Gasteiger partial charge on any atom is -0.493 e. The van der Waals surface area contributed by atoms with Gasteiger partial charge in [-0.1, -0.05) is 12.5 Å². The van der Waals surface area contributed by atoms with Gasteiger partial charge < -0.3 is 29.1 Å². The summed E-state index contributed by atoms with van der Waals surface area (Å²) in [5.41, 5.74) is 0.346. The molecule has 3 aliphatic heterocycles. The summed E-state index contributed by atoms with van der Waals surface area (Å²) >= 11 is 0. The SMILES string of the molecule is O=C(O)C1(CN2CCC(COC3=NOc4cccc(OCC5CCC5)c4C3)CC2)CCOCC1. The molecule has 0 amide bonds. The minimum absolute atomic E-state index is 0.431. The summed E-state index contributed by atoms with van der Waals surface area (Å²) in [4.78, 5) is 19.9. The lowest BCUT2D eigenvalue weighted by Gasteiger charge is -2.40. The molecule has 8 nitrogen and oxygen atoms in total. The van der Waals surface area contributed by atoms with Crippen LogP contribution in [0.15, 0.2) is 23.4 Å². The first kappa shape index (κ1) is 23.4. The van der Waals surface area contributed by atoms with E-state index >= 15 is 0 Å². The van der Waals surface area contributed by atoms with Crippen LogP contribution in [0.5, 0.6) is 11.5 Å². The van der Waals surface area contributed by atoms with Crippen LogP contribution in [0.3, 0.4) is 0 Å². The number of oxime groups is 1. The summed E-state index contributed by atoms with van der Waals surface area (Å²) in [6, 6.07) is 5.87. The average molecular weight is 473 g/mol. The molecule has 0 spiro atoms. The first-order chi connectivity index (χ1) is 16.6. The van der Waals surface area contributed by atoms with Crippen LogP contribution in [0.2, 0.25) is 0 Å². The van der Waals surface area contributed by atoms with Gasteiger partial charge in [-0.2, -0.15) is 0 Å². The maximum atomic E-state index is 12.0. The second kappa shape index (κ2) is 10.5. The Morgan fingerprint density at radius 1 is 1.09 bits per heavy atom. The van der Waals surface area contributed by atoms with Crippen molar-refractivity contribution in [1.82, 2.24) is 4.90 Å². The molecule has 0 bridgehead atoms. The van der Waals surface area contributed by atoms with E-state index in [9.17, 15) is 9.90 Å². The van der Waals surface area contributed by atoms with Gasteiger partial charge in [0.15, 0.2) is 5.75 Å². The number of nitrogens with zero attached hydrogens (tertiary/aromatic N) is 2. The smallest absolute Gasteiger partial charge is 0.311 e. The Hall–Kier alpha value is -2.32. The highest BCUT2D eigenvalue weighted by atomic mass is 16.7. The Morgan fingerprint density at radius 2 is 1.82 bits per heavy atom. The summed E-state index contributed by atoms with van der Waals surface area (Å²) in [6.07, 6.45) is 7.58. The van der Waals surface area contributed by atoms with Crippen molar-refractivity contribution in [3.05, 3.63) is 23.8 Å². The third-order valence-corrected chi connectivity index (χ3v) is 7.99. The lowest BCUT2D eigenvalue weighted by Crippen LogP contribution is -2.49. The number of fused-ring (bicyclic) bond motifs is 1. The molecule has 1 N–H and O–H groups in total. The van der Waals surface area contributed by atoms with E-state index in [-0.39, 0.29) is 0 Å². The predicted molar refractivity (Wildman–Crippen MR) is 126 cm³/mol. The van der Waals surface area contributed by atoms with Crippen LogP contribution in [0, 0.1) is 17.3 Å². The van der Waals surface area contributed by atoms with E-state index in [1.165, 1.54) is 19.3 Å². The number of hydrogen-bond acceptors (Lipinski definition) is 7. The molecular formula is C26H36N2O6. The Labute approximate surface area is 201 Å². The van der Waals surface area contributed by atoms with Crippen LogP contribution >= 0.6 is 0 Å². The number of benzene rings is 1. The monoisotopic (exact) mass is 472 g/mol. The molecule has 5 rings (SSSR count). The average Bonchev–Trinajstić information content (AvgIpc) is 2.83. The van der Waals surface area contributed by atoms with Crippen molar-refractivity contribution in [2.45, 2.75) is 51.4 Å². The third kappa shape index (κ3) is 5.33. The van der Waals surface area contributed by atoms with Gasteiger partial charge in [-0.3, -0.25) is 4.79 Å². The minimum atomic E-state index is -0.687. The molecule has 2 saturated heterocycles. The molecule has 34 heavy (non-hydrogen) atoms. The number of carbonyl (C=O) groups is 1. The zero-order valence-corrected chi connectivity index (χ0v) is 19.9. The van der Waals surface area contributed by atoms with E-state index in [1.807, 2.05) is 18.2 Å². The number of carboxylic acid groups (broad SMARTS) is 1. The Bertz CT molecular complexity index is 885. The fraction of sp³-hybridized carbons (Fsp3) is 0.692. The van der Waals surface area contributed by atoms with Crippen LogP contribution in [0.4, 0.5) is 0 Å². The van der Waals surface area contributed by atoms with Crippen LogP contribution in [-0.2, 0) is 20.7 Å². The van der Waals surface area contributed by atoms with Crippen molar-refractivity contribution < 1.29 is 28.9 Å². The van der Waals surface area contributed by atoms with Crippen molar-refractivity contribution in [2.24, 2.45) is 22.4 Å². The Morgan fingerprint density at radius 3 is 2.53 bits per heavy atom. The largest absolute Gasteiger partial charge is 0.493 e. The predicted octanol–water partition coefficient (Wildman–Crippen LogP) is 3.72. The van der Waals surface area contributed by atoms with Gasteiger partial charge in [-0.25, -0.2) is 0 Å². The van der Waals surface area contributed by atoms with Gasteiger partial charge in [-0.05, 0) is 80.7 Å². The molecule has 8 heteroatoms. The molecule has 3 heterocycles. The number of rotatable bonds is 8. The van der Waals surface area contributed by atoms with Crippen LogP contribution in [-0.4, -0.2) is 67.9 Å². The van der Waals surface area contributed by atoms with Gasteiger partial charge in [0.05, 0.1) is 25.0 Å². The molecule has 1 aromatic carbocycles. The Kier molecular flexibility index (Phi) is 7.25. The normalized spacial score (nSPS) is 23.2.